The molecule has 0 aromatic heterocycles. The second kappa shape index (κ2) is 6.23. The average Bonchev–Trinajstić information content (AvgIpc) is 2.28. The molecule has 0 saturated carbocycles. The quantitative estimate of drug-likeness (QED) is 0.790. The first-order valence-electron chi connectivity index (χ1n) is 5.36. The Morgan fingerprint density at radius 3 is 2.81 bits per heavy atom. The van der Waals surface area contributed by atoms with Crippen molar-refractivity contribution in [3.63, 3.8) is 0 Å². The summed E-state index contributed by atoms with van der Waals surface area (Å²) < 4.78 is 13.2. The van der Waals surface area contributed by atoms with Gasteiger partial charge < -0.3 is 11.1 Å². The number of nitrogens with two attached hydrogens (primary N) is 1. The van der Waals surface area contributed by atoms with E-state index in [0.29, 0.717) is 18.5 Å². The fraction of sp³-hybridized carbons (Fsp3) is 0.417. The highest BCUT2D eigenvalue weighted by atomic mass is 19.1. The molecule has 1 rings (SSSR count). The molecule has 0 aliphatic heterocycles. The fourth-order valence-corrected chi connectivity index (χ4v) is 1.36. The van der Waals surface area contributed by atoms with Gasteiger partial charge in [0.05, 0.1) is 0 Å². The molecule has 0 radical (unpaired) electrons. The molecule has 0 spiro atoms. The number of amides is 1. The van der Waals surface area contributed by atoms with Crippen LogP contribution in [0, 0.1) is 5.82 Å². The van der Waals surface area contributed by atoms with E-state index in [-0.39, 0.29) is 24.2 Å². The third kappa shape index (κ3) is 3.98. The zero-order chi connectivity index (χ0) is 12.0. The molecule has 0 fully saturated rings. The molecular weight excluding hydrogens is 207 g/mol. The summed E-state index contributed by atoms with van der Waals surface area (Å²) in [6, 6.07) is 6.45. The van der Waals surface area contributed by atoms with Crippen LogP contribution in [0.1, 0.15) is 18.9 Å². The van der Waals surface area contributed by atoms with Crippen LogP contribution in [-0.4, -0.2) is 18.5 Å². The Morgan fingerprint density at radius 1 is 1.50 bits per heavy atom. The SMILES string of the molecule is C[C@@H](CN)NC(=O)CCc1ccccc1F. The van der Waals surface area contributed by atoms with Crippen molar-refractivity contribution in [1.29, 1.82) is 0 Å². The van der Waals surface area contributed by atoms with E-state index < -0.39 is 0 Å². The average molecular weight is 224 g/mol. The summed E-state index contributed by atoms with van der Waals surface area (Å²) in [4.78, 5) is 11.4. The Labute approximate surface area is 94.8 Å². The van der Waals surface area contributed by atoms with Gasteiger partial charge in [0.15, 0.2) is 0 Å². The first-order valence-corrected chi connectivity index (χ1v) is 5.36. The van der Waals surface area contributed by atoms with E-state index >= 15 is 0 Å². The Morgan fingerprint density at radius 2 is 2.19 bits per heavy atom. The van der Waals surface area contributed by atoms with Crippen LogP contribution in [-0.2, 0) is 11.2 Å². The molecule has 0 aliphatic rings. The lowest BCUT2D eigenvalue weighted by Crippen LogP contribution is -2.37. The Hall–Kier alpha value is -1.42. The standard InChI is InChI=1S/C12H17FN2O/c1-9(8-14)15-12(16)7-6-10-4-2-3-5-11(10)13/h2-5,9H,6-8,14H2,1H3,(H,15,16)/t9-/m0/s1. The van der Waals surface area contributed by atoms with E-state index in [2.05, 4.69) is 5.32 Å². The van der Waals surface area contributed by atoms with E-state index in [4.69, 9.17) is 5.73 Å². The van der Waals surface area contributed by atoms with Crippen LogP contribution in [0.2, 0.25) is 0 Å². The van der Waals surface area contributed by atoms with Crippen LogP contribution in [0.4, 0.5) is 4.39 Å². The fourth-order valence-electron chi connectivity index (χ4n) is 1.36. The van der Waals surface area contributed by atoms with Crippen LogP contribution >= 0.6 is 0 Å². The topological polar surface area (TPSA) is 55.1 Å². The van der Waals surface area contributed by atoms with E-state index in [1.807, 2.05) is 6.92 Å². The van der Waals surface area contributed by atoms with Crippen molar-refractivity contribution in [3.05, 3.63) is 35.6 Å². The highest BCUT2D eigenvalue weighted by Gasteiger charge is 2.07. The first-order chi connectivity index (χ1) is 7.63. The Balaban J connectivity index is 2.40. The van der Waals surface area contributed by atoms with Crippen LogP contribution in [0.5, 0.6) is 0 Å². The van der Waals surface area contributed by atoms with Crippen LogP contribution in [0.25, 0.3) is 0 Å². The zero-order valence-electron chi connectivity index (χ0n) is 9.37. The van der Waals surface area contributed by atoms with Crippen molar-refractivity contribution in [1.82, 2.24) is 5.32 Å². The molecule has 1 aromatic rings. The summed E-state index contributed by atoms with van der Waals surface area (Å²) in [5, 5.41) is 2.73. The minimum absolute atomic E-state index is 0.0341. The van der Waals surface area contributed by atoms with Crippen molar-refractivity contribution in [3.8, 4) is 0 Å². The van der Waals surface area contributed by atoms with Crippen LogP contribution < -0.4 is 11.1 Å². The van der Waals surface area contributed by atoms with Crippen LogP contribution in [0.15, 0.2) is 24.3 Å². The third-order valence-corrected chi connectivity index (χ3v) is 2.34. The van der Waals surface area contributed by atoms with Gasteiger partial charge >= 0.3 is 0 Å². The summed E-state index contributed by atoms with van der Waals surface area (Å²) in [6.07, 6.45) is 0.696. The number of halogens is 1. The molecule has 1 atom stereocenters. The maximum absolute atomic E-state index is 13.2. The number of rotatable bonds is 5. The molecule has 0 aliphatic carbocycles. The molecule has 4 heteroatoms. The van der Waals surface area contributed by atoms with Crippen molar-refractivity contribution in [2.75, 3.05) is 6.54 Å². The molecule has 1 aromatic carbocycles. The zero-order valence-corrected chi connectivity index (χ0v) is 9.37. The van der Waals surface area contributed by atoms with Gasteiger partial charge in [-0.2, -0.15) is 0 Å². The Kier molecular flexibility index (Phi) is 4.92. The van der Waals surface area contributed by atoms with E-state index in [9.17, 15) is 9.18 Å². The summed E-state index contributed by atoms with van der Waals surface area (Å²) in [5.74, 6) is -0.358. The number of benzene rings is 1. The van der Waals surface area contributed by atoms with Crippen molar-refractivity contribution in [2.24, 2.45) is 5.73 Å². The van der Waals surface area contributed by atoms with Gasteiger partial charge in [0.1, 0.15) is 5.82 Å². The largest absolute Gasteiger partial charge is 0.352 e. The van der Waals surface area contributed by atoms with Gasteiger partial charge in [0.25, 0.3) is 0 Å². The second-order valence-corrected chi connectivity index (χ2v) is 3.80. The number of hydrogen-bond acceptors (Lipinski definition) is 2. The second-order valence-electron chi connectivity index (χ2n) is 3.80. The van der Waals surface area contributed by atoms with Gasteiger partial charge in [0.2, 0.25) is 5.91 Å². The minimum atomic E-state index is -0.262. The van der Waals surface area contributed by atoms with Crippen molar-refractivity contribution in [2.45, 2.75) is 25.8 Å². The molecule has 0 bridgehead atoms. The van der Waals surface area contributed by atoms with Gasteiger partial charge in [-0.3, -0.25) is 4.79 Å². The predicted molar refractivity (Wildman–Crippen MR) is 61.4 cm³/mol. The molecule has 0 saturated heterocycles. The number of nitrogens with one attached hydrogen (secondary N) is 1. The van der Waals surface area contributed by atoms with Gasteiger partial charge in [-0.25, -0.2) is 4.39 Å². The molecule has 16 heavy (non-hydrogen) atoms. The summed E-state index contributed by atoms with van der Waals surface area (Å²) in [5.41, 5.74) is 5.94. The number of carbonyl (C=O) groups is 1. The molecule has 0 unspecified atom stereocenters. The number of aryl methyl sites for hydroxylation is 1. The summed E-state index contributed by atoms with van der Waals surface area (Å²) >= 11 is 0. The summed E-state index contributed by atoms with van der Waals surface area (Å²) in [7, 11) is 0. The Bertz CT molecular complexity index is 355. The van der Waals surface area contributed by atoms with Gasteiger partial charge in [-0.1, -0.05) is 18.2 Å². The third-order valence-electron chi connectivity index (χ3n) is 2.34. The van der Waals surface area contributed by atoms with E-state index in [1.165, 1.54) is 6.07 Å². The lowest BCUT2D eigenvalue weighted by Gasteiger charge is -2.11. The highest BCUT2D eigenvalue weighted by molar-refractivity contribution is 5.76. The molecule has 1 amide bonds. The lowest BCUT2D eigenvalue weighted by molar-refractivity contribution is -0.121. The lowest BCUT2D eigenvalue weighted by atomic mass is 10.1. The monoisotopic (exact) mass is 224 g/mol. The molecule has 0 heterocycles. The molecule has 88 valence electrons. The van der Waals surface area contributed by atoms with Gasteiger partial charge in [-0.15, -0.1) is 0 Å². The molecular formula is C12H17FN2O. The van der Waals surface area contributed by atoms with Crippen molar-refractivity contribution >= 4 is 5.91 Å². The van der Waals surface area contributed by atoms with Crippen LogP contribution in [0.3, 0.4) is 0 Å². The number of hydrogen-bond donors (Lipinski definition) is 2. The van der Waals surface area contributed by atoms with Gasteiger partial charge in [-0.05, 0) is 25.0 Å². The maximum atomic E-state index is 13.2. The van der Waals surface area contributed by atoms with E-state index in [1.54, 1.807) is 18.2 Å². The van der Waals surface area contributed by atoms with Gasteiger partial charge in [0, 0.05) is 19.0 Å². The number of carbonyl (C=O) groups excluding carboxylic acids is 1. The normalized spacial score (nSPS) is 12.2. The minimum Gasteiger partial charge on any atom is -0.352 e. The van der Waals surface area contributed by atoms with E-state index in [0.717, 1.165) is 0 Å². The summed E-state index contributed by atoms with van der Waals surface area (Å²) in [6.45, 7) is 2.24. The highest BCUT2D eigenvalue weighted by Crippen LogP contribution is 2.08. The predicted octanol–water partition coefficient (Wildman–Crippen LogP) is 1.22. The first kappa shape index (κ1) is 12.6. The smallest absolute Gasteiger partial charge is 0.220 e. The maximum Gasteiger partial charge on any atom is 0.220 e. The molecule has 3 N–H and O–H groups in total. The molecule has 3 nitrogen and oxygen atoms in total. The van der Waals surface area contributed by atoms with Crippen molar-refractivity contribution < 1.29 is 9.18 Å².